The van der Waals surface area contributed by atoms with Crippen molar-refractivity contribution in [1.82, 2.24) is 20.4 Å². The zero-order chi connectivity index (χ0) is 24.3. The van der Waals surface area contributed by atoms with E-state index in [2.05, 4.69) is 15.5 Å². The number of carbonyl (C=O) groups is 2. The quantitative estimate of drug-likeness (QED) is 0.550. The Morgan fingerprint density at radius 2 is 1.65 bits per heavy atom. The number of nitrogens with one attached hydrogen (secondary N) is 1. The molecule has 1 aliphatic rings. The molecule has 1 aromatic heterocycles. The first-order valence-corrected chi connectivity index (χ1v) is 11.1. The fourth-order valence-electron chi connectivity index (χ4n) is 3.48. The molecular formula is C22H19F4N5O2S. The number of amides is 2. The number of carbonyl (C=O) groups excluding carboxylic acids is 2. The molecule has 3 aromatic rings. The fourth-order valence-corrected chi connectivity index (χ4v) is 4.30. The highest BCUT2D eigenvalue weighted by Gasteiger charge is 2.36. The summed E-state index contributed by atoms with van der Waals surface area (Å²) in [6.45, 7) is 1.29. The Bertz CT molecular complexity index is 1170. The van der Waals surface area contributed by atoms with Gasteiger partial charge in [-0.15, -0.1) is 10.2 Å². The molecule has 1 aliphatic heterocycles. The van der Waals surface area contributed by atoms with Crippen LogP contribution >= 0.6 is 11.3 Å². The number of hydrogen-bond acceptors (Lipinski definition) is 6. The smallest absolute Gasteiger partial charge is 0.346 e. The topological polar surface area (TPSA) is 78.4 Å². The SMILES string of the molecule is O=C(NCc1ccc(F)cc1)c1nnc(N2CCN(C(=O)c3ccccc3C(F)(F)F)CC2)s1. The van der Waals surface area contributed by atoms with Crippen LogP contribution in [0.3, 0.4) is 0 Å². The molecule has 0 radical (unpaired) electrons. The van der Waals surface area contributed by atoms with Crippen LogP contribution in [0.4, 0.5) is 22.7 Å². The minimum absolute atomic E-state index is 0.148. The van der Waals surface area contributed by atoms with Gasteiger partial charge in [-0.3, -0.25) is 9.59 Å². The highest BCUT2D eigenvalue weighted by molar-refractivity contribution is 7.17. The van der Waals surface area contributed by atoms with Crippen molar-refractivity contribution in [3.8, 4) is 0 Å². The summed E-state index contributed by atoms with van der Waals surface area (Å²) >= 11 is 1.08. The summed E-state index contributed by atoms with van der Waals surface area (Å²) in [4.78, 5) is 28.3. The first-order valence-electron chi connectivity index (χ1n) is 10.3. The van der Waals surface area contributed by atoms with Crippen molar-refractivity contribution in [3.05, 3.63) is 76.0 Å². The van der Waals surface area contributed by atoms with Crippen molar-refractivity contribution in [2.75, 3.05) is 31.1 Å². The number of alkyl halides is 3. The average Bonchev–Trinajstić information content (AvgIpc) is 3.33. The monoisotopic (exact) mass is 493 g/mol. The Hall–Kier alpha value is -3.54. The number of piperazine rings is 1. The maximum Gasteiger partial charge on any atom is 0.417 e. The van der Waals surface area contributed by atoms with Crippen LogP contribution in [0.5, 0.6) is 0 Å². The van der Waals surface area contributed by atoms with Crippen LogP contribution in [0, 0.1) is 5.82 Å². The lowest BCUT2D eigenvalue weighted by Crippen LogP contribution is -2.49. The van der Waals surface area contributed by atoms with Gasteiger partial charge in [0.05, 0.1) is 11.1 Å². The number of aromatic nitrogens is 2. The Morgan fingerprint density at radius 1 is 0.971 bits per heavy atom. The van der Waals surface area contributed by atoms with Gasteiger partial charge in [-0.2, -0.15) is 13.2 Å². The van der Waals surface area contributed by atoms with Gasteiger partial charge >= 0.3 is 6.18 Å². The van der Waals surface area contributed by atoms with Gasteiger partial charge in [0.2, 0.25) is 10.1 Å². The highest BCUT2D eigenvalue weighted by Crippen LogP contribution is 2.32. The third-order valence-electron chi connectivity index (χ3n) is 5.28. The second-order valence-corrected chi connectivity index (χ2v) is 8.48. The minimum Gasteiger partial charge on any atom is -0.346 e. The lowest BCUT2D eigenvalue weighted by molar-refractivity contribution is -0.138. The van der Waals surface area contributed by atoms with E-state index in [0.29, 0.717) is 18.2 Å². The van der Waals surface area contributed by atoms with Crippen LogP contribution in [0.15, 0.2) is 48.5 Å². The molecule has 2 aromatic carbocycles. The Kier molecular flexibility index (Phi) is 6.77. The third-order valence-corrected chi connectivity index (χ3v) is 6.26. The van der Waals surface area contributed by atoms with Crippen LogP contribution in [0.1, 0.15) is 31.3 Å². The molecule has 178 valence electrons. The summed E-state index contributed by atoms with van der Waals surface area (Å²) in [6, 6.07) is 10.5. The predicted molar refractivity (Wildman–Crippen MR) is 117 cm³/mol. The molecule has 4 rings (SSSR count). The predicted octanol–water partition coefficient (Wildman–Crippen LogP) is 3.59. The highest BCUT2D eigenvalue weighted by atomic mass is 32.1. The van der Waals surface area contributed by atoms with E-state index in [1.54, 1.807) is 12.1 Å². The number of nitrogens with zero attached hydrogens (tertiary/aromatic N) is 4. The zero-order valence-corrected chi connectivity index (χ0v) is 18.5. The number of benzene rings is 2. The summed E-state index contributed by atoms with van der Waals surface area (Å²) in [5, 5.41) is 11.3. The third kappa shape index (κ3) is 5.33. The molecule has 2 amide bonds. The normalized spacial score (nSPS) is 14.2. The molecule has 0 atom stereocenters. The summed E-state index contributed by atoms with van der Waals surface area (Å²) in [6.07, 6.45) is -4.62. The van der Waals surface area contributed by atoms with E-state index in [1.807, 2.05) is 4.90 Å². The van der Waals surface area contributed by atoms with Gasteiger partial charge in [0.25, 0.3) is 11.8 Å². The van der Waals surface area contributed by atoms with Crippen molar-refractivity contribution in [3.63, 3.8) is 0 Å². The second-order valence-electron chi connectivity index (χ2n) is 7.52. The van der Waals surface area contributed by atoms with Gasteiger partial charge in [-0.25, -0.2) is 4.39 Å². The summed E-state index contributed by atoms with van der Waals surface area (Å²) in [5.41, 5.74) is -0.602. The number of rotatable bonds is 5. The lowest BCUT2D eigenvalue weighted by atomic mass is 10.1. The van der Waals surface area contributed by atoms with Crippen molar-refractivity contribution in [1.29, 1.82) is 0 Å². The Labute approximate surface area is 196 Å². The second kappa shape index (κ2) is 9.75. The molecule has 34 heavy (non-hydrogen) atoms. The van der Waals surface area contributed by atoms with Crippen molar-refractivity contribution < 1.29 is 27.2 Å². The van der Waals surface area contributed by atoms with Crippen molar-refractivity contribution in [2.45, 2.75) is 12.7 Å². The average molecular weight is 493 g/mol. The lowest BCUT2D eigenvalue weighted by Gasteiger charge is -2.34. The molecule has 1 fully saturated rings. The van der Waals surface area contributed by atoms with Gasteiger partial charge in [0.15, 0.2) is 0 Å². The molecule has 2 heterocycles. The molecule has 0 aliphatic carbocycles. The van der Waals surface area contributed by atoms with E-state index in [9.17, 15) is 27.2 Å². The Balaban J connectivity index is 1.34. The molecule has 7 nitrogen and oxygen atoms in total. The van der Waals surface area contributed by atoms with Crippen molar-refractivity contribution in [2.24, 2.45) is 0 Å². The summed E-state index contributed by atoms with van der Waals surface area (Å²) < 4.78 is 52.7. The first kappa shape index (κ1) is 23.6. The zero-order valence-electron chi connectivity index (χ0n) is 17.7. The van der Waals surface area contributed by atoms with E-state index in [1.165, 1.54) is 35.2 Å². The van der Waals surface area contributed by atoms with Crippen LogP contribution in [-0.4, -0.2) is 53.1 Å². The van der Waals surface area contributed by atoms with E-state index in [-0.39, 0.29) is 36.0 Å². The minimum atomic E-state index is -4.62. The molecule has 0 bridgehead atoms. The number of halogens is 4. The van der Waals surface area contributed by atoms with Crippen LogP contribution in [0.25, 0.3) is 0 Å². The fraction of sp³-hybridized carbons (Fsp3) is 0.273. The van der Waals surface area contributed by atoms with Crippen LogP contribution in [0.2, 0.25) is 0 Å². The van der Waals surface area contributed by atoms with E-state index < -0.39 is 23.6 Å². The largest absolute Gasteiger partial charge is 0.417 e. The summed E-state index contributed by atoms with van der Waals surface area (Å²) in [7, 11) is 0. The van der Waals surface area contributed by atoms with Gasteiger partial charge in [0, 0.05) is 32.7 Å². The number of anilines is 1. The molecule has 12 heteroatoms. The standard InChI is InChI=1S/C22H19F4N5O2S/c23-15-7-5-14(6-8-15)13-27-18(32)19-28-29-21(34-19)31-11-9-30(10-12-31)20(33)16-3-1-2-4-17(16)22(24,25)26/h1-8H,9-13H2,(H,27,32). The van der Waals surface area contributed by atoms with Crippen molar-refractivity contribution >= 4 is 28.3 Å². The molecule has 0 unspecified atom stereocenters. The molecule has 1 N–H and O–H groups in total. The van der Waals surface area contributed by atoms with Gasteiger partial charge in [-0.05, 0) is 29.8 Å². The van der Waals surface area contributed by atoms with Crippen LogP contribution < -0.4 is 10.2 Å². The summed E-state index contributed by atoms with van der Waals surface area (Å²) in [5.74, 6) is -1.47. The van der Waals surface area contributed by atoms with Gasteiger partial charge in [0.1, 0.15) is 5.82 Å². The Morgan fingerprint density at radius 3 is 2.32 bits per heavy atom. The van der Waals surface area contributed by atoms with E-state index >= 15 is 0 Å². The maximum absolute atomic E-state index is 13.3. The van der Waals surface area contributed by atoms with Crippen LogP contribution in [-0.2, 0) is 12.7 Å². The number of hydrogen-bond donors (Lipinski definition) is 1. The van der Waals surface area contributed by atoms with Gasteiger partial charge < -0.3 is 15.1 Å². The molecule has 0 saturated carbocycles. The maximum atomic E-state index is 13.3. The van der Waals surface area contributed by atoms with E-state index in [4.69, 9.17) is 0 Å². The van der Waals surface area contributed by atoms with Gasteiger partial charge in [-0.1, -0.05) is 35.6 Å². The molecule has 0 spiro atoms. The van der Waals surface area contributed by atoms with E-state index in [0.717, 1.165) is 23.0 Å². The molecule has 1 saturated heterocycles. The first-order chi connectivity index (χ1) is 16.2. The molecular weight excluding hydrogens is 474 g/mol.